The molecule has 0 aliphatic carbocycles. The molecule has 0 bridgehead atoms. The first-order valence-electron chi connectivity index (χ1n) is 8.07. The van der Waals surface area contributed by atoms with E-state index < -0.39 is 12.1 Å². The summed E-state index contributed by atoms with van der Waals surface area (Å²) in [6.45, 7) is 2.93. The van der Waals surface area contributed by atoms with Crippen molar-refractivity contribution in [2.75, 3.05) is 13.2 Å². The number of carbonyl (C=O) groups excluding carboxylic acids is 1. The van der Waals surface area contributed by atoms with Gasteiger partial charge in [-0.1, -0.05) is 29.8 Å². The highest BCUT2D eigenvalue weighted by Gasteiger charge is 2.21. The second-order valence-corrected chi connectivity index (χ2v) is 6.21. The zero-order chi connectivity index (χ0) is 16.9. The fraction of sp³-hybridized carbons (Fsp3) is 0.444. The number of para-hydroxylation sites is 1. The van der Waals surface area contributed by atoms with Gasteiger partial charge in [0.25, 0.3) is 0 Å². The molecule has 2 aromatic rings. The summed E-state index contributed by atoms with van der Waals surface area (Å²) >= 11 is 6.16. The summed E-state index contributed by atoms with van der Waals surface area (Å²) in [5, 5.41) is 1.30. The Morgan fingerprint density at radius 1 is 1.46 bits per heavy atom. The molecule has 0 saturated carbocycles. The first kappa shape index (κ1) is 17.1. The lowest BCUT2D eigenvalue weighted by Crippen LogP contribution is -2.27. The highest BCUT2D eigenvalue weighted by molar-refractivity contribution is 6.30. The van der Waals surface area contributed by atoms with Crippen LogP contribution in [-0.4, -0.2) is 36.4 Å². The summed E-state index contributed by atoms with van der Waals surface area (Å²) in [6.07, 6.45) is 1.46. The molecule has 6 heteroatoms. The van der Waals surface area contributed by atoms with Gasteiger partial charge < -0.3 is 14.2 Å². The first-order valence-corrected chi connectivity index (χ1v) is 8.45. The molecule has 2 heterocycles. The number of carbonyl (C=O) groups is 1. The fourth-order valence-corrected chi connectivity index (χ4v) is 2.80. The lowest BCUT2D eigenvalue weighted by Gasteiger charge is -2.15. The summed E-state index contributed by atoms with van der Waals surface area (Å²) < 4.78 is 16.3. The van der Waals surface area contributed by atoms with Crippen LogP contribution in [0.5, 0.6) is 0 Å². The van der Waals surface area contributed by atoms with E-state index in [0.717, 1.165) is 30.4 Å². The number of esters is 1. The van der Waals surface area contributed by atoms with E-state index in [0.29, 0.717) is 17.3 Å². The van der Waals surface area contributed by atoms with Crippen molar-refractivity contribution >= 4 is 28.5 Å². The summed E-state index contributed by atoms with van der Waals surface area (Å²) in [4.78, 5) is 16.4. The third kappa shape index (κ3) is 4.23. The van der Waals surface area contributed by atoms with Gasteiger partial charge in [-0.25, -0.2) is 9.78 Å². The minimum Gasteiger partial charge on any atom is -0.459 e. The number of aromatic nitrogens is 1. The number of pyridine rings is 1. The molecule has 1 saturated heterocycles. The molecule has 3 rings (SSSR count). The van der Waals surface area contributed by atoms with E-state index >= 15 is 0 Å². The van der Waals surface area contributed by atoms with Crippen molar-refractivity contribution in [3.05, 3.63) is 41.0 Å². The quantitative estimate of drug-likeness (QED) is 0.590. The van der Waals surface area contributed by atoms with Crippen LogP contribution in [0.25, 0.3) is 10.9 Å². The predicted octanol–water partition coefficient (Wildman–Crippen LogP) is 3.52. The first-order chi connectivity index (χ1) is 11.6. The van der Waals surface area contributed by atoms with Crippen molar-refractivity contribution in [1.29, 1.82) is 0 Å². The smallest absolute Gasteiger partial charge is 0.335 e. The summed E-state index contributed by atoms with van der Waals surface area (Å²) in [7, 11) is 0. The predicted molar refractivity (Wildman–Crippen MR) is 90.9 cm³/mol. The van der Waals surface area contributed by atoms with Crippen molar-refractivity contribution in [2.24, 2.45) is 0 Å². The largest absolute Gasteiger partial charge is 0.459 e. The van der Waals surface area contributed by atoms with Crippen LogP contribution < -0.4 is 0 Å². The molecule has 0 spiro atoms. The van der Waals surface area contributed by atoms with E-state index in [4.69, 9.17) is 25.8 Å². The molecule has 5 nitrogen and oxygen atoms in total. The molecule has 2 atom stereocenters. The fourth-order valence-electron chi connectivity index (χ4n) is 2.60. The van der Waals surface area contributed by atoms with Gasteiger partial charge in [0.1, 0.15) is 11.8 Å². The van der Waals surface area contributed by atoms with Crippen molar-refractivity contribution in [2.45, 2.75) is 38.6 Å². The minimum atomic E-state index is -0.638. The van der Waals surface area contributed by atoms with Gasteiger partial charge >= 0.3 is 5.97 Å². The van der Waals surface area contributed by atoms with Gasteiger partial charge in [0.05, 0.1) is 18.2 Å². The number of rotatable bonds is 6. The van der Waals surface area contributed by atoms with Crippen molar-refractivity contribution in [3.63, 3.8) is 0 Å². The number of halogens is 1. The van der Waals surface area contributed by atoms with Gasteiger partial charge in [-0.05, 0) is 31.9 Å². The monoisotopic (exact) mass is 349 g/mol. The van der Waals surface area contributed by atoms with Crippen molar-refractivity contribution in [1.82, 2.24) is 4.98 Å². The van der Waals surface area contributed by atoms with Crippen LogP contribution in [0, 0.1) is 0 Å². The Balaban J connectivity index is 1.54. The number of nitrogens with zero attached hydrogens (tertiary/aromatic N) is 1. The maximum absolute atomic E-state index is 12.0. The minimum absolute atomic E-state index is 0.0725. The molecule has 0 amide bonds. The van der Waals surface area contributed by atoms with Crippen LogP contribution in [0.15, 0.2) is 30.3 Å². The standard InChI is InChI=1S/C18H20ClNO4/c1-12(23-11-15-6-4-8-22-15)18(21)24-10-14-9-13-5-2-3-7-16(13)20-17(14)19/h2-3,5,7,9,12,15H,4,6,8,10-11H2,1H3. The maximum Gasteiger partial charge on any atom is 0.335 e. The molecule has 128 valence electrons. The molecule has 1 aliphatic rings. The molecular weight excluding hydrogens is 330 g/mol. The highest BCUT2D eigenvalue weighted by Crippen LogP contribution is 2.21. The zero-order valence-electron chi connectivity index (χ0n) is 13.5. The molecule has 1 fully saturated rings. The molecule has 1 aromatic heterocycles. The Morgan fingerprint density at radius 3 is 3.08 bits per heavy atom. The SMILES string of the molecule is CC(OCC1CCCO1)C(=O)OCc1cc2ccccc2nc1Cl. The number of hydrogen-bond acceptors (Lipinski definition) is 5. The highest BCUT2D eigenvalue weighted by atomic mass is 35.5. The van der Waals surface area contributed by atoms with E-state index in [-0.39, 0.29) is 12.7 Å². The Labute approximate surface area is 145 Å². The average molecular weight is 350 g/mol. The molecule has 0 N–H and O–H groups in total. The Bertz CT molecular complexity index is 715. The van der Waals surface area contributed by atoms with Gasteiger partial charge in [0, 0.05) is 17.6 Å². The summed E-state index contributed by atoms with van der Waals surface area (Å²) in [5.74, 6) is -0.419. The van der Waals surface area contributed by atoms with Crippen molar-refractivity contribution < 1.29 is 19.0 Å². The van der Waals surface area contributed by atoms with Gasteiger partial charge in [0.15, 0.2) is 6.10 Å². The van der Waals surface area contributed by atoms with Crippen LogP contribution >= 0.6 is 11.6 Å². The van der Waals surface area contributed by atoms with Gasteiger partial charge in [-0.15, -0.1) is 0 Å². The third-order valence-corrected chi connectivity index (χ3v) is 4.34. The number of ether oxygens (including phenoxy) is 3. The Hall–Kier alpha value is -1.69. The summed E-state index contributed by atoms with van der Waals surface area (Å²) in [5.41, 5.74) is 1.49. The second kappa shape index (κ2) is 7.92. The van der Waals surface area contributed by atoms with Crippen LogP contribution in [0.1, 0.15) is 25.3 Å². The van der Waals surface area contributed by atoms with E-state index in [1.807, 2.05) is 30.3 Å². The van der Waals surface area contributed by atoms with Crippen molar-refractivity contribution in [3.8, 4) is 0 Å². The second-order valence-electron chi connectivity index (χ2n) is 5.85. The number of benzene rings is 1. The molecule has 1 aliphatic heterocycles. The normalized spacial score (nSPS) is 18.7. The molecule has 1 aromatic carbocycles. The van der Waals surface area contributed by atoms with E-state index in [1.165, 1.54) is 0 Å². The lowest BCUT2D eigenvalue weighted by molar-refractivity contribution is -0.159. The number of fused-ring (bicyclic) bond motifs is 1. The Morgan fingerprint density at radius 2 is 2.29 bits per heavy atom. The molecule has 0 radical (unpaired) electrons. The molecule has 24 heavy (non-hydrogen) atoms. The van der Waals surface area contributed by atoms with E-state index in [9.17, 15) is 4.79 Å². The molecule has 2 unspecified atom stereocenters. The van der Waals surface area contributed by atoms with Crippen LogP contribution in [0.4, 0.5) is 0 Å². The van der Waals surface area contributed by atoms with Gasteiger partial charge in [-0.2, -0.15) is 0 Å². The van der Waals surface area contributed by atoms with E-state index in [2.05, 4.69) is 4.98 Å². The van der Waals surface area contributed by atoms with Crippen LogP contribution in [0.2, 0.25) is 5.15 Å². The van der Waals surface area contributed by atoms with Crippen LogP contribution in [-0.2, 0) is 25.6 Å². The topological polar surface area (TPSA) is 57.7 Å². The van der Waals surface area contributed by atoms with E-state index in [1.54, 1.807) is 6.92 Å². The van der Waals surface area contributed by atoms with Gasteiger partial charge in [-0.3, -0.25) is 0 Å². The third-order valence-electron chi connectivity index (χ3n) is 4.01. The summed E-state index contributed by atoms with van der Waals surface area (Å²) in [6, 6.07) is 9.54. The van der Waals surface area contributed by atoms with Crippen LogP contribution in [0.3, 0.4) is 0 Å². The van der Waals surface area contributed by atoms with Gasteiger partial charge in [0.2, 0.25) is 0 Å². The molecular formula is C18H20ClNO4. The number of hydrogen-bond donors (Lipinski definition) is 0. The Kier molecular flexibility index (Phi) is 5.66. The average Bonchev–Trinajstić information content (AvgIpc) is 3.11. The zero-order valence-corrected chi connectivity index (χ0v) is 14.3. The maximum atomic E-state index is 12.0. The lowest BCUT2D eigenvalue weighted by atomic mass is 10.2.